The number of imidazole rings is 1. The SMILES string of the molecule is CC[C@@H](C)Nc1nc(N(C)c2ccccc2)c2ncn(C(C)C)c2n1. The van der Waals surface area contributed by atoms with Crippen molar-refractivity contribution in [2.24, 2.45) is 0 Å². The van der Waals surface area contributed by atoms with Crippen molar-refractivity contribution in [1.82, 2.24) is 19.5 Å². The first-order valence-electron chi connectivity index (χ1n) is 8.81. The molecule has 3 rings (SSSR count). The fourth-order valence-electron chi connectivity index (χ4n) is 2.67. The summed E-state index contributed by atoms with van der Waals surface area (Å²) in [6.07, 6.45) is 2.86. The van der Waals surface area contributed by atoms with Crippen LogP contribution >= 0.6 is 0 Å². The van der Waals surface area contributed by atoms with E-state index in [9.17, 15) is 0 Å². The number of fused-ring (bicyclic) bond motifs is 1. The number of hydrogen-bond donors (Lipinski definition) is 1. The summed E-state index contributed by atoms with van der Waals surface area (Å²) >= 11 is 0. The van der Waals surface area contributed by atoms with Crippen LogP contribution in [0.2, 0.25) is 0 Å². The van der Waals surface area contributed by atoms with Crippen molar-refractivity contribution in [2.45, 2.75) is 46.2 Å². The van der Waals surface area contributed by atoms with Crippen LogP contribution in [0.5, 0.6) is 0 Å². The lowest BCUT2D eigenvalue weighted by Crippen LogP contribution is -2.19. The highest BCUT2D eigenvalue weighted by molar-refractivity contribution is 5.87. The van der Waals surface area contributed by atoms with Crippen LogP contribution in [-0.2, 0) is 0 Å². The minimum Gasteiger partial charge on any atom is -0.352 e. The maximum Gasteiger partial charge on any atom is 0.227 e. The highest BCUT2D eigenvalue weighted by Gasteiger charge is 2.18. The third-order valence-corrected chi connectivity index (χ3v) is 4.41. The normalized spacial score (nSPS) is 12.6. The maximum atomic E-state index is 4.77. The van der Waals surface area contributed by atoms with E-state index in [0.29, 0.717) is 12.0 Å². The average molecular weight is 338 g/mol. The first-order chi connectivity index (χ1) is 12.0. The summed E-state index contributed by atoms with van der Waals surface area (Å²) in [6.45, 7) is 8.54. The van der Waals surface area contributed by atoms with Crippen LogP contribution in [0.15, 0.2) is 36.7 Å². The molecule has 25 heavy (non-hydrogen) atoms. The van der Waals surface area contributed by atoms with Gasteiger partial charge >= 0.3 is 0 Å². The third kappa shape index (κ3) is 3.43. The second-order valence-corrected chi connectivity index (χ2v) is 6.64. The Bertz CT molecular complexity index is 840. The molecule has 0 aliphatic carbocycles. The predicted molar refractivity (Wildman–Crippen MR) is 104 cm³/mol. The van der Waals surface area contributed by atoms with E-state index in [1.54, 1.807) is 0 Å². The Morgan fingerprint density at radius 3 is 2.48 bits per heavy atom. The van der Waals surface area contributed by atoms with Crippen molar-refractivity contribution < 1.29 is 0 Å². The van der Waals surface area contributed by atoms with E-state index in [-0.39, 0.29) is 6.04 Å². The molecule has 2 heterocycles. The van der Waals surface area contributed by atoms with Gasteiger partial charge in [-0.3, -0.25) is 0 Å². The molecular weight excluding hydrogens is 312 g/mol. The number of nitrogens with zero attached hydrogens (tertiary/aromatic N) is 5. The van der Waals surface area contributed by atoms with Crippen LogP contribution in [0.25, 0.3) is 11.2 Å². The Labute approximate surface area is 148 Å². The molecule has 0 bridgehead atoms. The predicted octanol–water partition coefficient (Wildman–Crippen LogP) is 4.39. The van der Waals surface area contributed by atoms with Gasteiger partial charge < -0.3 is 14.8 Å². The molecule has 0 saturated heterocycles. The summed E-state index contributed by atoms with van der Waals surface area (Å²) in [7, 11) is 2.01. The quantitative estimate of drug-likeness (QED) is 0.722. The maximum absolute atomic E-state index is 4.77. The largest absolute Gasteiger partial charge is 0.352 e. The van der Waals surface area contributed by atoms with E-state index < -0.39 is 0 Å². The summed E-state index contributed by atoms with van der Waals surface area (Å²) in [4.78, 5) is 16.2. The Hall–Kier alpha value is -2.63. The monoisotopic (exact) mass is 338 g/mol. The number of benzene rings is 1. The number of nitrogens with one attached hydrogen (secondary N) is 1. The van der Waals surface area contributed by atoms with Gasteiger partial charge in [-0.1, -0.05) is 25.1 Å². The minimum atomic E-state index is 0.284. The number of rotatable bonds is 6. The Kier molecular flexibility index (Phi) is 4.88. The smallest absolute Gasteiger partial charge is 0.227 e. The minimum absolute atomic E-state index is 0.284. The zero-order valence-corrected chi connectivity index (χ0v) is 15.6. The average Bonchev–Trinajstić information content (AvgIpc) is 3.05. The first kappa shape index (κ1) is 17.2. The van der Waals surface area contributed by atoms with Crippen molar-refractivity contribution in [3.05, 3.63) is 36.7 Å². The molecule has 0 unspecified atom stereocenters. The fraction of sp³-hybridized carbons (Fsp3) is 0.421. The molecule has 0 amide bonds. The second-order valence-electron chi connectivity index (χ2n) is 6.64. The number of hydrogen-bond acceptors (Lipinski definition) is 5. The summed E-state index contributed by atoms with van der Waals surface area (Å²) in [6, 6.07) is 10.8. The molecule has 0 fully saturated rings. The van der Waals surface area contributed by atoms with Gasteiger partial charge in [0.25, 0.3) is 0 Å². The van der Waals surface area contributed by atoms with Gasteiger partial charge in [-0.05, 0) is 39.3 Å². The molecule has 0 spiro atoms. The van der Waals surface area contributed by atoms with Crippen LogP contribution in [0.3, 0.4) is 0 Å². The lowest BCUT2D eigenvalue weighted by atomic mass is 10.3. The molecule has 0 aliphatic rings. The highest BCUT2D eigenvalue weighted by atomic mass is 15.3. The zero-order chi connectivity index (χ0) is 18.0. The van der Waals surface area contributed by atoms with Crippen molar-refractivity contribution in [3.8, 4) is 0 Å². The standard InChI is InChI=1S/C19H26N6/c1-6-14(4)21-19-22-17(24(5)15-10-8-7-9-11-15)16-18(23-19)25(12-20-16)13(2)3/h7-14H,6H2,1-5H3,(H,21,22,23)/t14-/m1/s1. The molecule has 132 valence electrons. The van der Waals surface area contributed by atoms with E-state index in [2.05, 4.69) is 59.6 Å². The highest BCUT2D eigenvalue weighted by Crippen LogP contribution is 2.30. The van der Waals surface area contributed by atoms with Crippen LogP contribution in [0.1, 0.15) is 40.2 Å². The Balaban J connectivity index is 2.15. The zero-order valence-electron chi connectivity index (χ0n) is 15.6. The van der Waals surface area contributed by atoms with Crippen LogP contribution in [-0.4, -0.2) is 32.6 Å². The van der Waals surface area contributed by atoms with Gasteiger partial charge in [0.2, 0.25) is 5.95 Å². The van der Waals surface area contributed by atoms with Crippen molar-refractivity contribution >= 4 is 28.6 Å². The molecular formula is C19H26N6. The molecule has 6 heteroatoms. The molecule has 0 saturated carbocycles. The molecule has 0 aliphatic heterocycles. The van der Waals surface area contributed by atoms with E-state index in [1.165, 1.54) is 0 Å². The van der Waals surface area contributed by atoms with Gasteiger partial charge in [0.1, 0.15) is 0 Å². The van der Waals surface area contributed by atoms with Gasteiger partial charge in [0, 0.05) is 24.8 Å². The van der Waals surface area contributed by atoms with Gasteiger partial charge in [0.15, 0.2) is 17.0 Å². The molecule has 1 atom stereocenters. The molecule has 3 aromatic rings. The van der Waals surface area contributed by atoms with E-state index in [4.69, 9.17) is 9.97 Å². The summed E-state index contributed by atoms with van der Waals surface area (Å²) in [5.41, 5.74) is 2.74. The Morgan fingerprint density at radius 1 is 1.12 bits per heavy atom. The molecule has 0 radical (unpaired) electrons. The fourth-order valence-corrected chi connectivity index (χ4v) is 2.67. The number of para-hydroxylation sites is 1. The van der Waals surface area contributed by atoms with Gasteiger partial charge in [-0.15, -0.1) is 0 Å². The van der Waals surface area contributed by atoms with Crippen LogP contribution in [0, 0.1) is 0 Å². The van der Waals surface area contributed by atoms with Gasteiger partial charge in [0.05, 0.1) is 6.33 Å². The summed E-state index contributed by atoms with van der Waals surface area (Å²) < 4.78 is 2.08. The summed E-state index contributed by atoms with van der Waals surface area (Å²) in [5, 5.41) is 3.40. The van der Waals surface area contributed by atoms with E-state index in [1.807, 2.05) is 31.6 Å². The molecule has 1 N–H and O–H groups in total. The second kappa shape index (κ2) is 7.09. The Morgan fingerprint density at radius 2 is 1.84 bits per heavy atom. The van der Waals surface area contributed by atoms with Crippen molar-refractivity contribution in [3.63, 3.8) is 0 Å². The lowest BCUT2D eigenvalue weighted by Gasteiger charge is -2.20. The summed E-state index contributed by atoms with van der Waals surface area (Å²) in [5.74, 6) is 1.45. The van der Waals surface area contributed by atoms with Gasteiger partial charge in [-0.2, -0.15) is 9.97 Å². The van der Waals surface area contributed by atoms with Crippen LogP contribution in [0.4, 0.5) is 17.5 Å². The van der Waals surface area contributed by atoms with Crippen molar-refractivity contribution in [1.29, 1.82) is 0 Å². The third-order valence-electron chi connectivity index (χ3n) is 4.41. The number of anilines is 3. The van der Waals surface area contributed by atoms with Crippen molar-refractivity contribution in [2.75, 3.05) is 17.3 Å². The van der Waals surface area contributed by atoms with E-state index >= 15 is 0 Å². The van der Waals surface area contributed by atoms with Gasteiger partial charge in [-0.25, -0.2) is 4.98 Å². The number of aromatic nitrogens is 4. The van der Waals surface area contributed by atoms with Crippen LogP contribution < -0.4 is 10.2 Å². The van der Waals surface area contributed by atoms with E-state index in [0.717, 1.165) is 29.1 Å². The molecule has 2 aromatic heterocycles. The first-order valence-corrected chi connectivity index (χ1v) is 8.81. The molecule has 6 nitrogen and oxygen atoms in total. The molecule has 1 aromatic carbocycles. The lowest BCUT2D eigenvalue weighted by molar-refractivity contribution is 0.612. The topological polar surface area (TPSA) is 58.9 Å².